The van der Waals surface area contributed by atoms with E-state index in [-0.39, 0.29) is 18.7 Å². The van der Waals surface area contributed by atoms with Gasteiger partial charge in [0.15, 0.2) is 0 Å². The number of methoxy groups -OCH3 is 1. The van der Waals surface area contributed by atoms with E-state index in [9.17, 15) is 14.0 Å². The Kier molecular flexibility index (Phi) is 7.35. The number of amidine groups is 1. The summed E-state index contributed by atoms with van der Waals surface area (Å²) in [5, 5.41) is 15.9. The Morgan fingerprint density at radius 3 is 2.58 bits per heavy atom. The van der Waals surface area contributed by atoms with Crippen molar-refractivity contribution in [2.24, 2.45) is 5.73 Å². The van der Waals surface area contributed by atoms with Crippen molar-refractivity contribution in [3.05, 3.63) is 11.9 Å². The highest BCUT2D eigenvalue weighted by atomic mass is 19.1. The molecule has 0 aliphatic heterocycles. The predicted octanol–water partition coefficient (Wildman–Crippen LogP) is 1.10. The van der Waals surface area contributed by atoms with E-state index in [0.29, 0.717) is 4.90 Å². The lowest BCUT2D eigenvalue weighted by Crippen LogP contribution is -2.34. The van der Waals surface area contributed by atoms with Gasteiger partial charge < -0.3 is 15.6 Å². The Morgan fingerprint density at radius 1 is 1.58 bits per heavy atom. The van der Waals surface area contributed by atoms with Crippen LogP contribution < -0.4 is 5.73 Å². The number of nitrogens with two attached hydrogens (primary N) is 1. The first-order valence-corrected chi connectivity index (χ1v) is 5.53. The van der Waals surface area contributed by atoms with E-state index in [0.717, 1.165) is 6.08 Å². The van der Waals surface area contributed by atoms with Crippen LogP contribution in [0.4, 0.5) is 9.18 Å². The van der Waals surface area contributed by atoms with E-state index in [4.69, 9.17) is 16.2 Å². The minimum atomic E-state index is -1.40. The SMILES string of the molecule is COC(=O)C(N)CC/C=C(/F)CN(C(C)=N)C(=O)O. The summed E-state index contributed by atoms with van der Waals surface area (Å²) >= 11 is 0. The number of amides is 1. The first-order chi connectivity index (χ1) is 8.79. The molecule has 0 aromatic heterocycles. The Hall–Kier alpha value is -1.96. The summed E-state index contributed by atoms with van der Waals surface area (Å²) in [7, 11) is 1.20. The summed E-state index contributed by atoms with van der Waals surface area (Å²) < 4.78 is 17.8. The predicted molar refractivity (Wildman–Crippen MR) is 66.5 cm³/mol. The molecular formula is C11H18FN3O4. The Balaban J connectivity index is 4.31. The molecule has 8 heteroatoms. The average Bonchev–Trinajstić information content (AvgIpc) is 2.33. The average molecular weight is 275 g/mol. The minimum Gasteiger partial charge on any atom is -0.468 e. The van der Waals surface area contributed by atoms with Gasteiger partial charge in [-0.15, -0.1) is 0 Å². The van der Waals surface area contributed by atoms with Crippen molar-refractivity contribution in [1.29, 1.82) is 5.41 Å². The van der Waals surface area contributed by atoms with Crippen molar-refractivity contribution in [3.8, 4) is 0 Å². The van der Waals surface area contributed by atoms with Gasteiger partial charge in [-0.05, 0) is 19.8 Å². The highest BCUT2D eigenvalue weighted by Crippen LogP contribution is 2.06. The Labute approximate surface area is 110 Å². The molecule has 0 aromatic rings. The van der Waals surface area contributed by atoms with Crippen LogP contribution in [0.2, 0.25) is 0 Å². The monoisotopic (exact) mass is 275 g/mol. The zero-order chi connectivity index (χ0) is 15.0. The van der Waals surface area contributed by atoms with Crippen LogP contribution in [-0.4, -0.2) is 47.6 Å². The van der Waals surface area contributed by atoms with Crippen LogP contribution in [-0.2, 0) is 9.53 Å². The lowest BCUT2D eigenvalue weighted by molar-refractivity contribution is -0.142. The van der Waals surface area contributed by atoms with E-state index in [2.05, 4.69) is 4.74 Å². The number of carbonyl (C=O) groups is 2. The molecule has 108 valence electrons. The number of carboxylic acid groups (broad SMARTS) is 1. The van der Waals surface area contributed by atoms with Gasteiger partial charge in [-0.3, -0.25) is 15.1 Å². The number of allylic oxidation sites excluding steroid dienone is 1. The fraction of sp³-hybridized carbons (Fsp3) is 0.545. The third-order valence-corrected chi connectivity index (χ3v) is 2.29. The van der Waals surface area contributed by atoms with Crippen LogP contribution >= 0.6 is 0 Å². The summed E-state index contributed by atoms with van der Waals surface area (Å²) in [6, 6.07) is -0.839. The third kappa shape index (κ3) is 6.51. The van der Waals surface area contributed by atoms with E-state index < -0.39 is 30.5 Å². The van der Waals surface area contributed by atoms with Gasteiger partial charge in [-0.2, -0.15) is 0 Å². The molecule has 19 heavy (non-hydrogen) atoms. The Morgan fingerprint density at radius 2 is 2.16 bits per heavy atom. The molecule has 0 aromatic carbocycles. The maximum atomic E-state index is 13.4. The topological polar surface area (TPSA) is 117 Å². The third-order valence-electron chi connectivity index (χ3n) is 2.29. The lowest BCUT2D eigenvalue weighted by Gasteiger charge is -2.16. The number of carbonyl (C=O) groups excluding carboxylic acids is 1. The Bertz CT molecular complexity index is 370. The normalized spacial score (nSPS) is 12.7. The van der Waals surface area contributed by atoms with Gasteiger partial charge >= 0.3 is 12.1 Å². The van der Waals surface area contributed by atoms with Gasteiger partial charge in [-0.1, -0.05) is 6.08 Å². The molecule has 7 nitrogen and oxygen atoms in total. The van der Waals surface area contributed by atoms with Gasteiger partial charge in [0.25, 0.3) is 0 Å². The molecule has 1 unspecified atom stereocenters. The van der Waals surface area contributed by atoms with Crippen LogP contribution in [0.25, 0.3) is 0 Å². The summed E-state index contributed by atoms with van der Waals surface area (Å²) in [5.74, 6) is -1.57. The number of nitrogens with one attached hydrogen (secondary N) is 1. The zero-order valence-electron chi connectivity index (χ0n) is 10.9. The number of nitrogens with zero attached hydrogens (tertiary/aromatic N) is 1. The summed E-state index contributed by atoms with van der Waals surface area (Å²) in [4.78, 5) is 22.2. The molecule has 0 aliphatic carbocycles. The van der Waals surface area contributed by atoms with E-state index in [1.54, 1.807) is 0 Å². The lowest BCUT2D eigenvalue weighted by atomic mass is 10.1. The first-order valence-electron chi connectivity index (χ1n) is 5.53. The van der Waals surface area contributed by atoms with Crippen molar-refractivity contribution >= 4 is 17.9 Å². The van der Waals surface area contributed by atoms with Gasteiger partial charge in [0.1, 0.15) is 17.7 Å². The van der Waals surface area contributed by atoms with Crippen LogP contribution in [0.3, 0.4) is 0 Å². The molecule has 0 saturated carbocycles. The standard InChI is InChI=1S/C11H18FN3O4/c1-7(13)15(11(17)18)6-8(12)4-3-5-9(14)10(16)19-2/h4,9,13H,3,5-6,14H2,1-2H3,(H,17,18)/b8-4+,13-7?. The highest BCUT2D eigenvalue weighted by molar-refractivity contribution is 5.91. The summed E-state index contributed by atoms with van der Waals surface area (Å²) in [5.41, 5.74) is 5.45. The van der Waals surface area contributed by atoms with E-state index in [1.807, 2.05) is 0 Å². The molecule has 0 rings (SSSR count). The van der Waals surface area contributed by atoms with Gasteiger partial charge in [0, 0.05) is 0 Å². The number of halogens is 1. The zero-order valence-corrected chi connectivity index (χ0v) is 10.9. The van der Waals surface area contributed by atoms with Crippen LogP contribution in [0, 0.1) is 5.41 Å². The number of ether oxygens (including phenoxy) is 1. The van der Waals surface area contributed by atoms with Crippen molar-refractivity contribution in [2.75, 3.05) is 13.7 Å². The molecule has 0 saturated heterocycles. The fourth-order valence-corrected chi connectivity index (χ4v) is 1.23. The smallest absolute Gasteiger partial charge is 0.413 e. The molecule has 4 N–H and O–H groups in total. The van der Waals surface area contributed by atoms with Crippen molar-refractivity contribution in [2.45, 2.75) is 25.8 Å². The molecule has 0 heterocycles. The van der Waals surface area contributed by atoms with Crippen LogP contribution in [0.1, 0.15) is 19.8 Å². The molecule has 1 amide bonds. The van der Waals surface area contributed by atoms with Crippen molar-refractivity contribution < 1.29 is 23.8 Å². The number of hydrogen-bond donors (Lipinski definition) is 3. The van der Waals surface area contributed by atoms with E-state index in [1.165, 1.54) is 14.0 Å². The van der Waals surface area contributed by atoms with Crippen molar-refractivity contribution in [1.82, 2.24) is 4.90 Å². The van der Waals surface area contributed by atoms with Gasteiger partial charge in [0.05, 0.1) is 13.7 Å². The van der Waals surface area contributed by atoms with Crippen molar-refractivity contribution in [3.63, 3.8) is 0 Å². The molecule has 0 fully saturated rings. The maximum Gasteiger partial charge on any atom is 0.413 e. The fourth-order valence-electron chi connectivity index (χ4n) is 1.23. The minimum absolute atomic E-state index is 0.173. The maximum absolute atomic E-state index is 13.4. The quantitative estimate of drug-likeness (QED) is 0.381. The molecule has 0 radical (unpaired) electrons. The number of hydrogen-bond acceptors (Lipinski definition) is 5. The van der Waals surface area contributed by atoms with E-state index >= 15 is 0 Å². The number of esters is 1. The molecule has 0 aliphatic rings. The van der Waals surface area contributed by atoms with Gasteiger partial charge in [0.2, 0.25) is 0 Å². The summed E-state index contributed by atoms with van der Waals surface area (Å²) in [6.45, 7) is 0.715. The largest absolute Gasteiger partial charge is 0.468 e. The second-order valence-corrected chi connectivity index (χ2v) is 3.81. The molecule has 0 spiro atoms. The second kappa shape index (κ2) is 8.20. The number of rotatable bonds is 6. The first kappa shape index (κ1) is 17.0. The second-order valence-electron chi connectivity index (χ2n) is 3.81. The van der Waals surface area contributed by atoms with Crippen LogP contribution in [0.5, 0.6) is 0 Å². The van der Waals surface area contributed by atoms with Crippen LogP contribution in [0.15, 0.2) is 11.9 Å². The van der Waals surface area contributed by atoms with Gasteiger partial charge in [-0.25, -0.2) is 9.18 Å². The molecular weight excluding hydrogens is 257 g/mol. The molecule has 1 atom stereocenters. The highest BCUT2D eigenvalue weighted by Gasteiger charge is 2.16. The summed E-state index contributed by atoms with van der Waals surface area (Å²) in [6.07, 6.45) is 0.104. The molecule has 0 bridgehead atoms.